The molecule has 0 aliphatic heterocycles. The van der Waals surface area contributed by atoms with Crippen LogP contribution in [-0.2, 0) is 10.3 Å². The molecule has 0 aliphatic carbocycles. The summed E-state index contributed by atoms with van der Waals surface area (Å²) < 4.78 is 13.7. The summed E-state index contributed by atoms with van der Waals surface area (Å²) in [6.07, 6.45) is 0. The lowest BCUT2D eigenvalue weighted by atomic mass is 9.91. The summed E-state index contributed by atoms with van der Waals surface area (Å²) in [5.41, 5.74) is -0.911. The Kier molecular flexibility index (Phi) is 3.95. The molecule has 0 aliphatic rings. The standard InChI is InChI=1S/C15H13ClFNO2/c1-15(14(19)20,10-5-4-6-11(16)9-10)18-13-8-3-2-7-12(13)17/h2-9,18H,1H3,(H,19,20). The largest absolute Gasteiger partial charge is 0.479 e. The van der Waals surface area contributed by atoms with Gasteiger partial charge in [0.05, 0.1) is 5.69 Å². The molecule has 0 fully saturated rings. The normalized spacial score (nSPS) is 13.6. The second kappa shape index (κ2) is 5.51. The number of carboxylic acids is 1. The number of aliphatic carboxylic acids is 1. The smallest absolute Gasteiger partial charge is 0.333 e. The average molecular weight is 294 g/mol. The highest BCUT2D eigenvalue weighted by Gasteiger charge is 2.35. The average Bonchev–Trinajstić information content (AvgIpc) is 2.41. The third-order valence-corrected chi connectivity index (χ3v) is 3.32. The number of para-hydroxylation sites is 1. The van der Waals surface area contributed by atoms with Crippen molar-refractivity contribution in [1.82, 2.24) is 0 Å². The third kappa shape index (κ3) is 2.75. The number of hydrogen-bond acceptors (Lipinski definition) is 2. The number of rotatable bonds is 4. The van der Waals surface area contributed by atoms with Crippen molar-refractivity contribution in [2.24, 2.45) is 0 Å². The van der Waals surface area contributed by atoms with E-state index in [-0.39, 0.29) is 5.69 Å². The van der Waals surface area contributed by atoms with E-state index in [1.54, 1.807) is 30.3 Å². The Morgan fingerprint density at radius 1 is 1.25 bits per heavy atom. The van der Waals surface area contributed by atoms with Gasteiger partial charge in [0, 0.05) is 5.02 Å². The minimum atomic E-state index is -1.48. The number of hydrogen-bond donors (Lipinski definition) is 2. The molecule has 2 aromatic rings. The lowest BCUT2D eigenvalue weighted by Gasteiger charge is -2.28. The van der Waals surface area contributed by atoms with Crippen LogP contribution in [0.2, 0.25) is 5.02 Å². The highest BCUT2D eigenvalue weighted by atomic mass is 35.5. The van der Waals surface area contributed by atoms with Crippen LogP contribution in [-0.4, -0.2) is 11.1 Å². The van der Waals surface area contributed by atoms with Crippen LogP contribution >= 0.6 is 11.6 Å². The highest BCUT2D eigenvalue weighted by Crippen LogP contribution is 2.29. The van der Waals surface area contributed by atoms with Gasteiger partial charge in [-0.1, -0.05) is 35.9 Å². The van der Waals surface area contributed by atoms with E-state index in [1.165, 1.54) is 25.1 Å². The van der Waals surface area contributed by atoms with Crippen LogP contribution in [0.5, 0.6) is 0 Å². The Balaban J connectivity index is 2.46. The van der Waals surface area contributed by atoms with Gasteiger partial charge in [-0.05, 0) is 36.8 Å². The molecule has 0 saturated carbocycles. The number of benzene rings is 2. The molecular weight excluding hydrogens is 281 g/mol. The van der Waals surface area contributed by atoms with E-state index >= 15 is 0 Å². The SMILES string of the molecule is CC(Nc1ccccc1F)(C(=O)O)c1cccc(Cl)c1. The minimum Gasteiger partial charge on any atom is -0.479 e. The number of anilines is 1. The van der Waals surface area contributed by atoms with Crippen molar-refractivity contribution in [3.8, 4) is 0 Å². The van der Waals surface area contributed by atoms with E-state index in [1.807, 2.05) is 0 Å². The van der Waals surface area contributed by atoms with Gasteiger partial charge in [-0.25, -0.2) is 9.18 Å². The Morgan fingerprint density at radius 3 is 2.55 bits per heavy atom. The number of nitrogens with one attached hydrogen (secondary N) is 1. The summed E-state index contributed by atoms with van der Waals surface area (Å²) >= 11 is 5.90. The van der Waals surface area contributed by atoms with Gasteiger partial charge in [0.25, 0.3) is 0 Å². The van der Waals surface area contributed by atoms with Gasteiger partial charge in [-0.15, -0.1) is 0 Å². The molecule has 0 amide bonds. The summed E-state index contributed by atoms with van der Waals surface area (Å²) in [5, 5.41) is 12.7. The lowest BCUT2D eigenvalue weighted by Crippen LogP contribution is -2.40. The van der Waals surface area contributed by atoms with E-state index < -0.39 is 17.3 Å². The maximum Gasteiger partial charge on any atom is 0.333 e. The van der Waals surface area contributed by atoms with Gasteiger partial charge < -0.3 is 10.4 Å². The van der Waals surface area contributed by atoms with E-state index in [2.05, 4.69) is 5.32 Å². The molecule has 0 aromatic heterocycles. The summed E-state index contributed by atoms with van der Waals surface area (Å²) in [4.78, 5) is 11.6. The van der Waals surface area contributed by atoms with Crippen LogP contribution in [0, 0.1) is 5.82 Å². The van der Waals surface area contributed by atoms with Crippen molar-refractivity contribution < 1.29 is 14.3 Å². The van der Waals surface area contributed by atoms with Crippen molar-refractivity contribution >= 4 is 23.3 Å². The molecule has 20 heavy (non-hydrogen) atoms. The topological polar surface area (TPSA) is 49.3 Å². The fourth-order valence-electron chi connectivity index (χ4n) is 1.88. The maximum atomic E-state index is 13.7. The van der Waals surface area contributed by atoms with Crippen LogP contribution in [0.15, 0.2) is 48.5 Å². The molecule has 3 nitrogen and oxygen atoms in total. The Morgan fingerprint density at radius 2 is 1.95 bits per heavy atom. The fourth-order valence-corrected chi connectivity index (χ4v) is 2.07. The van der Waals surface area contributed by atoms with E-state index in [9.17, 15) is 14.3 Å². The van der Waals surface area contributed by atoms with Crippen molar-refractivity contribution in [2.45, 2.75) is 12.5 Å². The quantitative estimate of drug-likeness (QED) is 0.899. The first-order chi connectivity index (χ1) is 9.43. The molecular formula is C15H13ClFNO2. The maximum absolute atomic E-state index is 13.7. The predicted octanol–water partition coefficient (Wildman–Crippen LogP) is 3.89. The van der Waals surface area contributed by atoms with Crippen molar-refractivity contribution in [3.63, 3.8) is 0 Å². The Labute approximate surface area is 121 Å². The van der Waals surface area contributed by atoms with Gasteiger partial charge in [-0.3, -0.25) is 0 Å². The second-order valence-electron chi connectivity index (χ2n) is 4.55. The monoisotopic (exact) mass is 293 g/mol. The van der Waals surface area contributed by atoms with E-state index in [4.69, 9.17) is 11.6 Å². The van der Waals surface area contributed by atoms with Crippen molar-refractivity contribution in [3.05, 3.63) is 64.9 Å². The van der Waals surface area contributed by atoms with Gasteiger partial charge in [0.15, 0.2) is 5.54 Å². The zero-order chi connectivity index (χ0) is 14.8. The van der Waals surface area contributed by atoms with E-state index in [0.717, 1.165) is 0 Å². The third-order valence-electron chi connectivity index (χ3n) is 3.09. The molecule has 104 valence electrons. The zero-order valence-electron chi connectivity index (χ0n) is 10.7. The second-order valence-corrected chi connectivity index (χ2v) is 4.98. The first-order valence-electron chi connectivity index (χ1n) is 5.95. The highest BCUT2D eigenvalue weighted by molar-refractivity contribution is 6.30. The fraction of sp³-hybridized carbons (Fsp3) is 0.133. The minimum absolute atomic E-state index is 0.123. The number of carboxylic acid groups (broad SMARTS) is 1. The molecule has 2 rings (SSSR count). The van der Waals surface area contributed by atoms with Gasteiger partial charge in [0.2, 0.25) is 0 Å². The van der Waals surface area contributed by atoms with Crippen LogP contribution in [0.3, 0.4) is 0 Å². The Hall–Kier alpha value is -2.07. The molecule has 1 unspecified atom stereocenters. The van der Waals surface area contributed by atoms with Gasteiger partial charge >= 0.3 is 5.97 Å². The first-order valence-corrected chi connectivity index (χ1v) is 6.33. The number of carbonyl (C=O) groups is 1. The molecule has 0 bridgehead atoms. The van der Waals surface area contributed by atoms with Gasteiger partial charge in [-0.2, -0.15) is 0 Å². The summed E-state index contributed by atoms with van der Waals surface area (Å²) in [5.74, 6) is -1.63. The van der Waals surface area contributed by atoms with Crippen LogP contribution in [0.4, 0.5) is 10.1 Å². The van der Waals surface area contributed by atoms with Crippen molar-refractivity contribution in [2.75, 3.05) is 5.32 Å². The summed E-state index contributed by atoms with van der Waals surface area (Å²) in [7, 11) is 0. The summed E-state index contributed by atoms with van der Waals surface area (Å²) in [6.45, 7) is 1.47. The predicted molar refractivity (Wildman–Crippen MR) is 76.5 cm³/mol. The van der Waals surface area contributed by atoms with Gasteiger partial charge in [0.1, 0.15) is 5.82 Å². The molecule has 2 N–H and O–H groups in total. The molecule has 0 heterocycles. The molecule has 0 radical (unpaired) electrons. The van der Waals surface area contributed by atoms with Crippen LogP contribution in [0.25, 0.3) is 0 Å². The van der Waals surface area contributed by atoms with E-state index in [0.29, 0.717) is 10.6 Å². The first kappa shape index (κ1) is 14.3. The molecule has 5 heteroatoms. The molecule has 0 saturated heterocycles. The molecule has 0 spiro atoms. The summed E-state index contributed by atoms with van der Waals surface area (Å²) in [6, 6.07) is 12.4. The number of halogens is 2. The lowest BCUT2D eigenvalue weighted by molar-refractivity contribution is -0.142. The molecule has 1 atom stereocenters. The Bertz CT molecular complexity index is 647. The van der Waals surface area contributed by atoms with Crippen LogP contribution < -0.4 is 5.32 Å². The van der Waals surface area contributed by atoms with Crippen molar-refractivity contribution in [1.29, 1.82) is 0 Å². The zero-order valence-corrected chi connectivity index (χ0v) is 11.5. The van der Waals surface area contributed by atoms with Crippen LogP contribution in [0.1, 0.15) is 12.5 Å². The molecule has 2 aromatic carbocycles.